The zero-order valence-corrected chi connectivity index (χ0v) is 15.0. The molecule has 1 aromatic heterocycles. The van der Waals surface area contributed by atoms with E-state index in [2.05, 4.69) is 33.4 Å². The van der Waals surface area contributed by atoms with Crippen molar-refractivity contribution in [2.45, 2.75) is 20.8 Å². The number of carbonyl (C=O) groups is 1. The van der Waals surface area contributed by atoms with Crippen LogP contribution >= 0.6 is 11.3 Å². The molecule has 1 saturated heterocycles. The molecule has 3 rings (SSSR count). The predicted molar refractivity (Wildman–Crippen MR) is 97.4 cm³/mol. The van der Waals surface area contributed by atoms with Crippen LogP contribution in [0.4, 0.5) is 10.8 Å². The van der Waals surface area contributed by atoms with Crippen LogP contribution in [0.5, 0.6) is 0 Å². The fourth-order valence-electron chi connectivity index (χ4n) is 2.86. The highest BCUT2D eigenvalue weighted by Gasteiger charge is 2.29. The first-order valence-corrected chi connectivity index (χ1v) is 8.83. The van der Waals surface area contributed by atoms with E-state index in [0.29, 0.717) is 0 Å². The van der Waals surface area contributed by atoms with E-state index in [1.807, 2.05) is 32.7 Å². The molecule has 23 heavy (non-hydrogen) atoms. The SMILES string of the molecule is CNc1nc2ccc(N3CCN(C(=O)C(C)(C)C)CC3)cc2s1. The first-order valence-electron chi connectivity index (χ1n) is 8.01. The maximum absolute atomic E-state index is 12.4. The van der Waals surface area contributed by atoms with Crippen molar-refractivity contribution in [2.24, 2.45) is 5.41 Å². The van der Waals surface area contributed by atoms with Crippen molar-refractivity contribution in [3.8, 4) is 0 Å². The van der Waals surface area contributed by atoms with Gasteiger partial charge in [-0.1, -0.05) is 32.1 Å². The summed E-state index contributed by atoms with van der Waals surface area (Å²) < 4.78 is 1.19. The Morgan fingerprint density at radius 3 is 2.52 bits per heavy atom. The molecule has 1 aromatic carbocycles. The molecule has 1 N–H and O–H groups in total. The molecule has 1 fully saturated rings. The second-order valence-electron chi connectivity index (χ2n) is 6.95. The maximum atomic E-state index is 12.4. The van der Waals surface area contributed by atoms with E-state index in [4.69, 9.17) is 0 Å². The topological polar surface area (TPSA) is 48.5 Å². The Morgan fingerprint density at radius 2 is 1.91 bits per heavy atom. The Morgan fingerprint density at radius 1 is 1.22 bits per heavy atom. The van der Waals surface area contributed by atoms with Gasteiger partial charge in [0.15, 0.2) is 5.13 Å². The molecule has 1 amide bonds. The Kier molecular flexibility index (Phi) is 4.19. The molecule has 1 aliphatic heterocycles. The molecule has 1 aliphatic rings. The van der Waals surface area contributed by atoms with Gasteiger partial charge in [-0.25, -0.2) is 4.98 Å². The zero-order valence-electron chi connectivity index (χ0n) is 14.2. The number of benzene rings is 1. The average molecular weight is 332 g/mol. The number of rotatable bonds is 2. The third kappa shape index (κ3) is 3.27. The molecule has 0 spiro atoms. The van der Waals surface area contributed by atoms with Crippen molar-refractivity contribution in [1.29, 1.82) is 0 Å². The number of nitrogens with one attached hydrogen (secondary N) is 1. The highest BCUT2D eigenvalue weighted by molar-refractivity contribution is 7.22. The number of fused-ring (bicyclic) bond motifs is 1. The summed E-state index contributed by atoms with van der Waals surface area (Å²) in [5.74, 6) is 0.244. The molecular formula is C17H24N4OS. The lowest BCUT2D eigenvalue weighted by molar-refractivity contribution is -0.139. The fourth-order valence-corrected chi connectivity index (χ4v) is 3.71. The van der Waals surface area contributed by atoms with E-state index in [1.54, 1.807) is 11.3 Å². The second-order valence-corrected chi connectivity index (χ2v) is 7.98. The molecule has 0 aliphatic carbocycles. The van der Waals surface area contributed by atoms with E-state index in [0.717, 1.165) is 36.8 Å². The van der Waals surface area contributed by atoms with Crippen LogP contribution in [0.3, 0.4) is 0 Å². The predicted octanol–water partition coefficient (Wildman–Crippen LogP) is 3.03. The number of anilines is 2. The Hall–Kier alpha value is -1.82. The number of amides is 1. The molecule has 2 aromatic rings. The van der Waals surface area contributed by atoms with E-state index in [9.17, 15) is 4.79 Å². The third-order valence-electron chi connectivity index (χ3n) is 4.16. The molecule has 2 heterocycles. The average Bonchev–Trinajstić information content (AvgIpc) is 2.95. The molecule has 124 valence electrons. The van der Waals surface area contributed by atoms with Crippen LogP contribution in [0.25, 0.3) is 10.2 Å². The molecule has 6 heteroatoms. The Bertz CT molecular complexity index is 711. The lowest BCUT2D eigenvalue weighted by Gasteiger charge is -2.38. The van der Waals surface area contributed by atoms with Crippen LogP contribution in [0.2, 0.25) is 0 Å². The van der Waals surface area contributed by atoms with Crippen LogP contribution in [0, 0.1) is 5.41 Å². The van der Waals surface area contributed by atoms with Gasteiger partial charge in [-0.05, 0) is 18.2 Å². The third-order valence-corrected chi connectivity index (χ3v) is 5.20. The summed E-state index contributed by atoms with van der Waals surface area (Å²) in [5, 5.41) is 4.04. The number of thiazole rings is 1. The van der Waals surface area contributed by atoms with Crippen molar-refractivity contribution in [1.82, 2.24) is 9.88 Å². The van der Waals surface area contributed by atoms with Gasteiger partial charge in [0, 0.05) is 44.3 Å². The minimum atomic E-state index is -0.298. The summed E-state index contributed by atoms with van der Waals surface area (Å²) in [6.45, 7) is 9.30. The van der Waals surface area contributed by atoms with Crippen molar-refractivity contribution in [3.05, 3.63) is 18.2 Å². The van der Waals surface area contributed by atoms with Crippen molar-refractivity contribution < 1.29 is 4.79 Å². The Labute approximate surface area is 141 Å². The number of carbonyl (C=O) groups excluding carboxylic acids is 1. The van der Waals surface area contributed by atoms with Gasteiger partial charge in [-0.2, -0.15) is 0 Å². The normalized spacial score (nSPS) is 16.0. The Balaban J connectivity index is 1.71. The summed E-state index contributed by atoms with van der Waals surface area (Å²) in [6.07, 6.45) is 0. The first kappa shape index (κ1) is 16.1. The number of hydrogen-bond donors (Lipinski definition) is 1. The molecule has 0 atom stereocenters. The van der Waals surface area contributed by atoms with Gasteiger partial charge in [0.2, 0.25) is 5.91 Å². The van der Waals surface area contributed by atoms with Crippen molar-refractivity contribution >= 4 is 38.3 Å². The highest BCUT2D eigenvalue weighted by Crippen LogP contribution is 2.30. The van der Waals surface area contributed by atoms with E-state index in [1.165, 1.54) is 10.4 Å². The number of nitrogens with zero attached hydrogens (tertiary/aromatic N) is 3. The van der Waals surface area contributed by atoms with Gasteiger partial charge in [0.25, 0.3) is 0 Å². The number of piperazine rings is 1. The van der Waals surface area contributed by atoms with Crippen LogP contribution in [0.1, 0.15) is 20.8 Å². The quantitative estimate of drug-likeness (QED) is 0.918. The molecule has 0 bridgehead atoms. The molecule has 0 radical (unpaired) electrons. The first-order chi connectivity index (χ1) is 10.9. The van der Waals surface area contributed by atoms with Crippen molar-refractivity contribution in [3.63, 3.8) is 0 Å². The largest absolute Gasteiger partial charge is 0.368 e. The number of aromatic nitrogens is 1. The van der Waals surface area contributed by atoms with Gasteiger partial charge >= 0.3 is 0 Å². The summed E-state index contributed by atoms with van der Waals surface area (Å²) in [7, 11) is 1.89. The maximum Gasteiger partial charge on any atom is 0.228 e. The monoisotopic (exact) mass is 332 g/mol. The van der Waals surface area contributed by atoms with Gasteiger partial charge in [-0.15, -0.1) is 0 Å². The summed E-state index contributed by atoms with van der Waals surface area (Å²) in [6, 6.07) is 6.41. The lowest BCUT2D eigenvalue weighted by atomic mass is 9.94. The smallest absolute Gasteiger partial charge is 0.228 e. The summed E-state index contributed by atoms with van der Waals surface area (Å²) in [4.78, 5) is 21.2. The summed E-state index contributed by atoms with van der Waals surface area (Å²) >= 11 is 1.67. The van der Waals surface area contributed by atoms with Crippen molar-refractivity contribution in [2.75, 3.05) is 43.4 Å². The van der Waals surface area contributed by atoms with Crippen LogP contribution in [-0.4, -0.2) is 49.0 Å². The molecule has 5 nitrogen and oxygen atoms in total. The fraction of sp³-hybridized carbons (Fsp3) is 0.529. The molecular weight excluding hydrogens is 308 g/mol. The summed E-state index contributed by atoms with van der Waals surface area (Å²) in [5.41, 5.74) is 1.95. The zero-order chi connectivity index (χ0) is 16.6. The van der Waals surface area contributed by atoms with E-state index in [-0.39, 0.29) is 11.3 Å². The number of hydrogen-bond acceptors (Lipinski definition) is 5. The molecule has 0 saturated carbocycles. The van der Waals surface area contributed by atoms with Gasteiger partial charge < -0.3 is 15.1 Å². The highest BCUT2D eigenvalue weighted by atomic mass is 32.1. The van der Waals surface area contributed by atoms with Crippen LogP contribution in [0.15, 0.2) is 18.2 Å². The van der Waals surface area contributed by atoms with Gasteiger partial charge in [-0.3, -0.25) is 4.79 Å². The minimum absolute atomic E-state index is 0.244. The van der Waals surface area contributed by atoms with Crippen LogP contribution in [-0.2, 0) is 4.79 Å². The van der Waals surface area contributed by atoms with E-state index >= 15 is 0 Å². The lowest BCUT2D eigenvalue weighted by Crippen LogP contribution is -2.51. The van der Waals surface area contributed by atoms with Gasteiger partial charge in [0.05, 0.1) is 10.2 Å². The minimum Gasteiger partial charge on any atom is -0.368 e. The molecule has 0 unspecified atom stereocenters. The standard InChI is InChI=1S/C17H24N4OS/c1-17(2,3)15(22)21-9-7-20(8-10-21)12-5-6-13-14(11-12)23-16(18-4)19-13/h5-6,11H,7-10H2,1-4H3,(H,18,19). The van der Waals surface area contributed by atoms with Crippen LogP contribution < -0.4 is 10.2 Å². The van der Waals surface area contributed by atoms with Gasteiger partial charge in [0.1, 0.15) is 0 Å². The second kappa shape index (κ2) is 6.00. The van der Waals surface area contributed by atoms with E-state index < -0.39 is 0 Å².